The molecule has 1 aliphatic carbocycles. The topological polar surface area (TPSA) is 0 Å². The second-order valence-electron chi connectivity index (χ2n) is 9.03. The zero-order valence-electron chi connectivity index (χ0n) is 19.1. The third-order valence-electron chi connectivity index (χ3n) is 6.72. The molecule has 0 bridgehead atoms. The number of hydrogen-bond acceptors (Lipinski definition) is 0. The maximum atomic E-state index is 15.7. The number of hydrogen-bond donors (Lipinski definition) is 0. The van der Waals surface area contributed by atoms with Crippen molar-refractivity contribution in [1.29, 1.82) is 0 Å². The van der Waals surface area contributed by atoms with Crippen molar-refractivity contribution in [3.63, 3.8) is 0 Å². The van der Waals surface area contributed by atoms with Gasteiger partial charge in [-0.15, -0.1) is 6.58 Å². The standard InChI is InChI=1S/C27H24ClF7/c1-5-25(10-11-25)16(4)26(31,32)21-12-18(6-8-19(21)15(2)3)23(29)14-20(27(33,34)35)17-7-9-22(28)24(30)13-17/h5-9,12-14,16,20H,1-2,10-11H2,3-4H3/b23-14-. The van der Waals surface area contributed by atoms with Crippen molar-refractivity contribution in [2.24, 2.45) is 11.3 Å². The minimum atomic E-state index is -4.97. The molecule has 1 aliphatic rings. The van der Waals surface area contributed by atoms with Gasteiger partial charge < -0.3 is 0 Å². The van der Waals surface area contributed by atoms with Crippen LogP contribution in [-0.4, -0.2) is 6.18 Å². The summed E-state index contributed by atoms with van der Waals surface area (Å²) in [6.07, 6.45) is -2.16. The average Bonchev–Trinajstić information content (AvgIpc) is 3.58. The summed E-state index contributed by atoms with van der Waals surface area (Å²) in [5, 5.41) is -0.386. The minimum absolute atomic E-state index is 0.0883. The molecule has 0 N–H and O–H groups in total. The molecule has 2 aromatic rings. The molecule has 0 saturated heterocycles. The van der Waals surface area contributed by atoms with Crippen LogP contribution in [0.3, 0.4) is 0 Å². The molecule has 0 amide bonds. The first-order valence-electron chi connectivity index (χ1n) is 10.8. The first-order valence-corrected chi connectivity index (χ1v) is 11.2. The Kier molecular flexibility index (Phi) is 7.34. The summed E-state index contributed by atoms with van der Waals surface area (Å²) in [4.78, 5) is 0. The van der Waals surface area contributed by atoms with Gasteiger partial charge in [0.25, 0.3) is 5.92 Å². The highest BCUT2D eigenvalue weighted by atomic mass is 35.5. The van der Waals surface area contributed by atoms with Crippen molar-refractivity contribution in [3.05, 3.63) is 94.8 Å². The van der Waals surface area contributed by atoms with Gasteiger partial charge in [0.05, 0.1) is 5.02 Å². The lowest BCUT2D eigenvalue weighted by Gasteiger charge is -2.31. The summed E-state index contributed by atoms with van der Waals surface area (Å²) in [5.41, 5.74) is -1.92. The van der Waals surface area contributed by atoms with Crippen LogP contribution in [0, 0.1) is 17.2 Å². The molecule has 2 aromatic carbocycles. The highest BCUT2D eigenvalue weighted by Crippen LogP contribution is 2.60. The van der Waals surface area contributed by atoms with E-state index in [0.717, 1.165) is 24.3 Å². The van der Waals surface area contributed by atoms with E-state index in [-0.39, 0.29) is 16.7 Å². The van der Waals surface area contributed by atoms with E-state index in [4.69, 9.17) is 11.6 Å². The van der Waals surface area contributed by atoms with Crippen LogP contribution < -0.4 is 0 Å². The fourth-order valence-corrected chi connectivity index (χ4v) is 4.34. The largest absolute Gasteiger partial charge is 0.399 e. The summed E-state index contributed by atoms with van der Waals surface area (Å²) in [7, 11) is 0. The Morgan fingerprint density at radius 2 is 1.71 bits per heavy atom. The van der Waals surface area contributed by atoms with Gasteiger partial charge in [-0.3, -0.25) is 0 Å². The molecule has 0 spiro atoms. The number of halogens is 8. The molecule has 35 heavy (non-hydrogen) atoms. The van der Waals surface area contributed by atoms with E-state index >= 15 is 13.2 Å². The van der Waals surface area contributed by atoms with Crippen LogP contribution in [0.1, 0.15) is 54.9 Å². The van der Waals surface area contributed by atoms with Crippen molar-refractivity contribution in [3.8, 4) is 0 Å². The fraction of sp³-hybridized carbons (Fsp3) is 0.333. The summed E-state index contributed by atoms with van der Waals surface area (Å²) >= 11 is 5.54. The molecule has 2 unspecified atom stereocenters. The molecule has 3 rings (SSSR count). The Bertz CT molecular complexity index is 1170. The monoisotopic (exact) mass is 516 g/mol. The normalized spacial score (nSPS) is 17.6. The summed E-state index contributed by atoms with van der Waals surface area (Å²) in [6.45, 7) is 10.3. The van der Waals surface area contributed by atoms with Crippen LogP contribution in [-0.2, 0) is 5.92 Å². The van der Waals surface area contributed by atoms with Gasteiger partial charge in [0.15, 0.2) is 0 Å². The lowest BCUT2D eigenvalue weighted by atomic mass is 9.80. The highest BCUT2D eigenvalue weighted by Gasteiger charge is 2.56. The van der Waals surface area contributed by atoms with E-state index in [2.05, 4.69) is 13.2 Å². The zero-order valence-corrected chi connectivity index (χ0v) is 19.9. The Morgan fingerprint density at radius 3 is 2.20 bits per heavy atom. The van der Waals surface area contributed by atoms with Crippen molar-refractivity contribution < 1.29 is 30.7 Å². The maximum Gasteiger partial charge on any atom is 0.399 e. The van der Waals surface area contributed by atoms with E-state index in [9.17, 15) is 17.6 Å². The number of alkyl halides is 5. The van der Waals surface area contributed by atoms with E-state index in [1.165, 1.54) is 26.0 Å². The smallest absolute Gasteiger partial charge is 0.207 e. The van der Waals surface area contributed by atoms with Gasteiger partial charge in [0, 0.05) is 17.0 Å². The number of rotatable bonds is 8. The van der Waals surface area contributed by atoms with Crippen LogP contribution >= 0.6 is 11.6 Å². The van der Waals surface area contributed by atoms with Crippen molar-refractivity contribution in [2.75, 3.05) is 0 Å². The predicted molar refractivity (Wildman–Crippen MR) is 125 cm³/mol. The fourth-order valence-electron chi connectivity index (χ4n) is 4.22. The number of allylic oxidation sites excluding steroid dienone is 3. The van der Waals surface area contributed by atoms with E-state index in [1.54, 1.807) is 0 Å². The summed E-state index contributed by atoms with van der Waals surface area (Å²) in [5.74, 6) is -9.59. The maximum absolute atomic E-state index is 15.7. The second kappa shape index (κ2) is 9.49. The van der Waals surface area contributed by atoms with Crippen molar-refractivity contribution >= 4 is 23.0 Å². The third-order valence-corrected chi connectivity index (χ3v) is 7.03. The van der Waals surface area contributed by atoms with Crippen LogP contribution in [0.2, 0.25) is 5.02 Å². The van der Waals surface area contributed by atoms with Crippen molar-refractivity contribution in [2.45, 2.75) is 44.7 Å². The third kappa shape index (κ3) is 5.35. The van der Waals surface area contributed by atoms with Crippen LogP contribution in [0.5, 0.6) is 0 Å². The average molecular weight is 517 g/mol. The Hall–Kier alpha value is -2.54. The van der Waals surface area contributed by atoms with Crippen LogP contribution in [0.25, 0.3) is 11.4 Å². The number of benzene rings is 2. The Balaban J connectivity index is 2.10. The molecule has 0 aliphatic heterocycles. The minimum Gasteiger partial charge on any atom is -0.207 e. The van der Waals surface area contributed by atoms with Gasteiger partial charge in [-0.2, -0.15) is 13.2 Å². The highest BCUT2D eigenvalue weighted by molar-refractivity contribution is 6.30. The van der Waals surface area contributed by atoms with E-state index in [0.29, 0.717) is 24.5 Å². The molecular weight excluding hydrogens is 493 g/mol. The molecule has 8 heteroatoms. The first-order chi connectivity index (χ1) is 16.1. The Labute approximate surface area is 204 Å². The molecule has 0 aromatic heterocycles. The molecule has 0 radical (unpaired) electrons. The first kappa shape index (κ1) is 27.1. The van der Waals surface area contributed by atoms with Crippen LogP contribution in [0.4, 0.5) is 30.7 Å². The predicted octanol–water partition coefficient (Wildman–Crippen LogP) is 9.86. The van der Waals surface area contributed by atoms with Gasteiger partial charge in [-0.25, -0.2) is 17.6 Å². The Morgan fingerprint density at radius 1 is 1.09 bits per heavy atom. The van der Waals surface area contributed by atoms with Crippen LogP contribution in [0.15, 0.2) is 61.7 Å². The van der Waals surface area contributed by atoms with E-state index < -0.39 is 57.7 Å². The van der Waals surface area contributed by atoms with Gasteiger partial charge >= 0.3 is 6.18 Å². The molecule has 0 nitrogen and oxygen atoms in total. The summed E-state index contributed by atoms with van der Waals surface area (Å²) in [6, 6.07) is 5.64. The molecule has 0 heterocycles. The molecular formula is C27H24ClF7. The van der Waals surface area contributed by atoms with Gasteiger partial charge in [0.2, 0.25) is 0 Å². The molecule has 2 atom stereocenters. The molecule has 1 fully saturated rings. The molecule has 1 saturated carbocycles. The van der Waals surface area contributed by atoms with Crippen molar-refractivity contribution in [1.82, 2.24) is 0 Å². The zero-order chi connectivity index (χ0) is 26.3. The quantitative estimate of drug-likeness (QED) is 0.242. The SMILES string of the molecule is C=CC1(C(C)C(F)(F)c2cc(/C(F)=C/C(c3ccc(Cl)c(F)c3)C(F)(F)F)ccc2C(=C)C)CC1. The van der Waals surface area contributed by atoms with E-state index in [1.807, 2.05) is 0 Å². The van der Waals surface area contributed by atoms with Gasteiger partial charge in [-0.05, 0) is 60.6 Å². The second-order valence-corrected chi connectivity index (χ2v) is 9.44. The van der Waals surface area contributed by atoms with Gasteiger partial charge in [-0.1, -0.05) is 55.0 Å². The molecule has 188 valence electrons. The van der Waals surface area contributed by atoms with Gasteiger partial charge in [0.1, 0.15) is 17.6 Å². The lowest BCUT2D eigenvalue weighted by Crippen LogP contribution is -2.31. The summed E-state index contributed by atoms with van der Waals surface area (Å²) < 4.78 is 101. The lowest BCUT2D eigenvalue weighted by molar-refractivity contribution is -0.139.